The number of ether oxygens (including phenoxy) is 2. The van der Waals surface area contributed by atoms with Crippen LogP contribution in [0.2, 0.25) is 5.02 Å². The predicted octanol–water partition coefficient (Wildman–Crippen LogP) is 2.58. The monoisotopic (exact) mass is 326 g/mol. The van der Waals surface area contributed by atoms with Gasteiger partial charge < -0.3 is 15.2 Å². The normalized spacial score (nSPS) is 12.0. The first-order chi connectivity index (χ1) is 10.1. The highest BCUT2D eigenvalue weighted by Gasteiger charge is 2.22. The zero-order valence-electron chi connectivity index (χ0n) is 11.8. The van der Waals surface area contributed by atoms with Crippen LogP contribution in [0.15, 0.2) is 18.2 Å². The van der Waals surface area contributed by atoms with Crippen molar-refractivity contribution < 1.29 is 9.47 Å². The molecule has 0 amide bonds. The van der Waals surface area contributed by atoms with E-state index in [4.69, 9.17) is 26.8 Å². The van der Waals surface area contributed by atoms with E-state index in [2.05, 4.69) is 15.0 Å². The minimum Gasteiger partial charge on any atom is -0.467 e. The molecule has 0 aliphatic heterocycles. The number of hydrogen-bond donors (Lipinski definition) is 1. The summed E-state index contributed by atoms with van der Waals surface area (Å²) in [6, 6.07) is 5.86. The van der Waals surface area contributed by atoms with E-state index in [1.807, 2.05) is 18.4 Å². The largest absolute Gasteiger partial charge is 0.467 e. The number of methoxy groups -OCH3 is 2. The molecule has 0 aliphatic rings. The molecule has 1 atom stereocenters. The minimum absolute atomic E-state index is 0.191. The zero-order valence-corrected chi connectivity index (χ0v) is 13.4. The summed E-state index contributed by atoms with van der Waals surface area (Å²) >= 11 is 7.62. The van der Waals surface area contributed by atoms with Gasteiger partial charge >= 0.3 is 12.0 Å². The van der Waals surface area contributed by atoms with Gasteiger partial charge in [-0.15, -0.1) is 16.7 Å². The van der Waals surface area contributed by atoms with Gasteiger partial charge in [0, 0.05) is 0 Å². The number of para-hydroxylation sites is 1. The molecule has 6 nitrogen and oxygen atoms in total. The molecule has 1 aromatic heterocycles. The predicted molar refractivity (Wildman–Crippen MR) is 84.2 cm³/mol. The second-order valence-electron chi connectivity index (χ2n) is 4.03. The first-order valence-electron chi connectivity index (χ1n) is 6.01. The van der Waals surface area contributed by atoms with Crippen molar-refractivity contribution in [3.8, 4) is 12.0 Å². The van der Waals surface area contributed by atoms with E-state index >= 15 is 0 Å². The summed E-state index contributed by atoms with van der Waals surface area (Å²) in [5.41, 5.74) is 7.41. The Morgan fingerprint density at radius 2 is 1.76 bits per heavy atom. The van der Waals surface area contributed by atoms with Crippen molar-refractivity contribution in [2.45, 2.75) is 5.25 Å². The third-order valence-corrected chi connectivity index (χ3v) is 4.08. The summed E-state index contributed by atoms with van der Waals surface area (Å²) in [7, 11) is 2.97. The molecule has 2 rings (SSSR count). The van der Waals surface area contributed by atoms with E-state index in [9.17, 15) is 0 Å². The molecule has 2 aromatic rings. The highest BCUT2D eigenvalue weighted by atomic mass is 35.5. The third-order valence-electron chi connectivity index (χ3n) is 2.82. The molecule has 2 N–H and O–H groups in total. The lowest BCUT2D eigenvalue weighted by Crippen LogP contribution is -2.09. The Bertz CT molecular complexity index is 619. The van der Waals surface area contributed by atoms with Crippen molar-refractivity contribution >= 4 is 29.1 Å². The minimum atomic E-state index is -0.200. The van der Waals surface area contributed by atoms with Gasteiger partial charge in [0.05, 0.1) is 30.2 Å². The molecule has 0 saturated carbocycles. The summed E-state index contributed by atoms with van der Waals surface area (Å²) in [5, 5.41) is 0.300. The second-order valence-corrected chi connectivity index (χ2v) is 5.38. The van der Waals surface area contributed by atoms with Gasteiger partial charge in [0.25, 0.3) is 0 Å². The summed E-state index contributed by atoms with van der Waals surface area (Å²) in [6.07, 6.45) is 1.94. The van der Waals surface area contributed by atoms with E-state index in [-0.39, 0.29) is 17.3 Å². The number of nitrogens with zero attached hydrogens (tertiary/aromatic N) is 3. The van der Waals surface area contributed by atoms with Crippen LogP contribution in [0.5, 0.6) is 12.0 Å². The van der Waals surface area contributed by atoms with E-state index in [1.165, 1.54) is 26.0 Å². The van der Waals surface area contributed by atoms with Crippen LogP contribution < -0.4 is 15.2 Å². The summed E-state index contributed by atoms with van der Waals surface area (Å²) in [5.74, 6) is 0.500. The standard InChI is InChI=1S/C13H15ClN4O2S/c1-19-12-16-11(17-13(18-12)20-2)10(21-3)7-5-4-6-8(14)9(7)15/h4-6,10H,15H2,1-3H3. The molecule has 8 heteroatoms. The van der Waals surface area contributed by atoms with Gasteiger partial charge in [-0.05, 0) is 17.9 Å². The molecule has 0 saturated heterocycles. The highest BCUT2D eigenvalue weighted by molar-refractivity contribution is 7.99. The summed E-state index contributed by atoms with van der Waals surface area (Å²) < 4.78 is 10.1. The zero-order chi connectivity index (χ0) is 15.4. The van der Waals surface area contributed by atoms with Crippen molar-refractivity contribution in [1.29, 1.82) is 0 Å². The maximum atomic E-state index is 6.08. The quantitative estimate of drug-likeness (QED) is 0.845. The third kappa shape index (κ3) is 3.30. The molecule has 0 aliphatic carbocycles. The van der Waals surface area contributed by atoms with Crippen LogP contribution in [-0.4, -0.2) is 35.4 Å². The Morgan fingerprint density at radius 1 is 1.14 bits per heavy atom. The van der Waals surface area contributed by atoms with Gasteiger partial charge in [-0.1, -0.05) is 23.7 Å². The lowest BCUT2D eigenvalue weighted by molar-refractivity contribution is 0.336. The molecule has 0 spiro atoms. The Kier molecular flexibility index (Phi) is 5.08. The van der Waals surface area contributed by atoms with Crippen LogP contribution in [0.25, 0.3) is 0 Å². The van der Waals surface area contributed by atoms with Crippen LogP contribution in [0.1, 0.15) is 16.6 Å². The maximum absolute atomic E-state index is 6.08. The molecule has 0 bridgehead atoms. The maximum Gasteiger partial charge on any atom is 0.322 e. The van der Waals surface area contributed by atoms with E-state index in [0.717, 1.165) is 5.56 Å². The molecular formula is C13H15ClN4O2S. The first kappa shape index (κ1) is 15.7. The van der Waals surface area contributed by atoms with Gasteiger partial charge in [0.1, 0.15) is 0 Å². The number of nitrogen functional groups attached to an aromatic ring is 1. The average molecular weight is 327 g/mol. The summed E-state index contributed by atoms with van der Waals surface area (Å²) in [4.78, 5) is 12.5. The number of benzene rings is 1. The Labute approximate surface area is 132 Å². The first-order valence-corrected chi connectivity index (χ1v) is 7.68. The van der Waals surface area contributed by atoms with Gasteiger partial charge in [0.2, 0.25) is 0 Å². The average Bonchev–Trinajstić information content (AvgIpc) is 2.51. The van der Waals surface area contributed by atoms with Crippen LogP contribution in [0.3, 0.4) is 0 Å². The van der Waals surface area contributed by atoms with Gasteiger partial charge in [0.15, 0.2) is 5.82 Å². The van der Waals surface area contributed by atoms with E-state index < -0.39 is 0 Å². The lowest BCUT2D eigenvalue weighted by Gasteiger charge is -2.17. The number of rotatable bonds is 5. The molecular weight excluding hydrogens is 312 g/mol. The van der Waals surface area contributed by atoms with Crippen molar-refractivity contribution in [3.63, 3.8) is 0 Å². The van der Waals surface area contributed by atoms with Crippen LogP contribution in [0.4, 0.5) is 5.69 Å². The van der Waals surface area contributed by atoms with Crippen molar-refractivity contribution in [3.05, 3.63) is 34.6 Å². The van der Waals surface area contributed by atoms with Crippen LogP contribution >= 0.6 is 23.4 Å². The number of anilines is 1. The van der Waals surface area contributed by atoms with Crippen molar-refractivity contribution in [2.24, 2.45) is 0 Å². The SMILES string of the molecule is COc1nc(OC)nc(C(SC)c2cccc(Cl)c2N)n1. The van der Waals surface area contributed by atoms with Crippen molar-refractivity contribution in [1.82, 2.24) is 15.0 Å². The Morgan fingerprint density at radius 3 is 2.29 bits per heavy atom. The van der Waals surface area contributed by atoms with Gasteiger partial charge in [-0.3, -0.25) is 0 Å². The molecule has 21 heavy (non-hydrogen) atoms. The smallest absolute Gasteiger partial charge is 0.322 e. The molecule has 1 unspecified atom stereocenters. The fraction of sp³-hybridized carbons (Fsp3) is 0.308. The molecule has 112 valence electrons. The van der Waals surface area contributed by atoms with Gasteiger partial charge in [-0.2, -0.15) is 9.97 Å². The number of hydrogen-bond acceptors (Lipinski definition) is 7. The topological polar surface area (TPSA) is 83.2 Å². The number of nitrogens with two attached hydrogens (primary N) is 1. The van der Waals surface area contributed by atoms with Crippen molar-refractivity contribution in [2.75, 3.05) is 26.2 Å². The van der Waals surface area contributed by atoms with Crippen LogP contribution in [0, 0.1) is 0 Å². The van der Waals surface area contributed by atoms with E-state index in [1.54, 1.807) is 6.07 Å². The molecule has 0 radical (unpaired) electrons. The number of aromatic nitrogens is 3. The summed E-state index contributed by atoms with van der Waals surface area (Å²) in [6.45, 7) is 0. The molecule has 1 aromatic carbocycles. The van der Waals surface area contributed by atoms with Gasteiger partial charge in [-0.25, -0.2) is 0 Å². The Hall–Kier alpha value is -1.73. The molecule has 1 heterocycles. The Balaban J connectivity index is 2.53. The fourth-order valence-electron chi connectivity index (χ4n) is 1.81. The lowest BCUT2D eigenvalue weighted by atomic mass is 10.1. The second kappa shape index (κ2) is 6.82. The number of thioether (sulfide) groups is 1. The fourth-order valence-corrected chi connectivity index (χ4v) is 2.76. The van der Waals surface area contributed by atoms with Crippen LogP contribution in [-0.2, 0) is 0 Å². The molecule has 0 fully saturated rings. The number of halogens is 1. The van der Waals surface area contributed by atoms with E-state index in [0.29, 0.717) is 16.5 Å². The highest BCUT2D eigenvalue weighted by Crippen LogP contribution is 2.38.